The van der Waals surface area contributed by atoms with E-state index in [-0.39, 0.29) is 29.0 Å². The SMILES string of the molecule is O=C(Nc1ccc(CNC(=O)C2CCCN(S(=O)(=O)c3ccccc3)C2)cc1)c1ccco1. The number of nitrogens with zero attached hydrogens (tertiary/aromatic N) is 1. The number of piperidine rings is 1. The zero-order chi connectivity index (χ0) is 23.3. The van der Waals surface area contributed by atoms with Gasteiger partial charge in [0.2, 0.25) is 15.9 Å². The second-order valence-electron chi connectivity index (χ2n) is 7.86. The molecule has 1 aliphatic rings. The second-order valence-corrected chi connectivity index (χ2v) is 9.80. The smallest absolute Gasteiger partial charge is 0.291 e. The molecule has 2 heterocycles. The molecule has 33 heavy (non-hydrogen) atoms. The van der Waals surface area contributed by atoms with Gasteiger partial charge >= 0.3 is 0 Å². The summed E-state index contributed by atoms with van der Waals surface area (Å²) in [4.78, 5) is 25.0. The van der Waals surface area contributed by atoms with Gasteiger partial charge in [-0.1, -0.05) is 30.3 Å². The van der Waals surface area contributed by atoms with Crippen molar-refractivity contribution in [2.45, 2.75) is 24.3 Å². The summed E-state index contributed by atoms with van der Waals surface area (Å²) in [7, 11) is -3.61. The van der Waals surface area contributed by atoms with E-state index in [1.807, 2.05) is 12.1 Å². The normalized spacial score (nSPS) is 16.8. The number of nitrogens with one attached hydrogen (secondary N) is 2. The van der Waals surface area contributed by atoms with Crippen LogP contribution in [0.15, 0.2) is 82.3 Å². The van der Waals surface area contributed by atoms with Crippen LogP contribution in [0, 0.1) is 5.92 Å². The van der Waals surface area contributed by atoms with E-state index in [0.717, 1.165) is 5.56 Å². The van der Waals surface area contributed by atoms with Crippen LogP contribution in [-0.2, 0) is 21.4 Å². The highest BCUT2D eigenvalue weighted by Gasteiger charge is 2.33. The fraction of sp³-hybridized carbons (Fsp3) is 0.250. The van der Waals surface area contributed by atoms with Crippen molar-refractivity contribution in [1.29, 1.82) is 0 Å². The maximum atomic E-state index is 12.9. The van der Waals surface area contributed by atoms with Crippen molar-refractivity contribution in [3.05, 3.63) is 84.3 Å². The van der Waals surface area contributed by atoms with Gasteiger partial charge in [0.25, 0.3) is 5.91 Å². The number of amides is 2. The van der Waals surface area contributed by atoms with Gasteiger partial charge in [0.15, 0.2) is 5.76 Å². The molecule has 0 radical (unpaired) electrons. The first kappa shape index (κ1) is 22.8. The number of anilines is 1. The van der Waals surface area contributed by atoms with Crippen molar-refractivity contribution >= 4 is 27.5 Å². The number of hydrogen-bond acceptors (Lipinski definition) is 5. The molecule has 1 fully saturated rings. The topological polar surface area (TPSA) is 109 Å². The minimum Gasteiger partial charge on any atom is -0.459 e. The summed E-state index contributed by atoms with van der Waals surface area (Å²) in [5, 5.41) is 5.64. The average Bonchev–Trinajstić information content (AvgIpc) is 3.39. The molecule has 1 unspecified atom stereocenters. The number of rotatable bonds is 7. The standard InChI is InChI=1S/C24H25N3O5S/c28-23(19-6-4-14-27(17-19)33(30,31)21-7-2-1-3-8-21)25-16-18-10-12-20(13-11-18)26-24(29)22-9-5-15-32-22/h1-3,5,7-13,15,19H,4,6,14,16-17H2,(H,25,28)(H,26,29). The third-order valence-electron chi connectivity index (χ3n) is 5.56. The highest BCUT2D eigenvalue weighted by Crippen LogP contribution is 2.24. The van der Waals surface area contributed by atoms with E-state index in [4.69, 9.17) is 4.42 Å². The molecule has 0 aliphatic carbocycles. The maximum absolute atomic E-state index is 12.9. The number of carbonyl (C=O) groups excluding carboxylic acids is 2. The summed E-state index contributed by atoms with van der Waals surface area (Å²) in [6.07, 6.45) is 2.71. The molecule has 1 atom stereocenters. The van der Waals surface area contributed by atoms with E-state index < -0.39 is 15.9 Å². The van der Waals surface area contributed by atoms with Gasteiger partial charge in [0.1, 0.15) is 0 Å². The molecule has 2 aromatic carbocycles. The molecule has 9 heteroatoms. The lowest BCUT2D eigenvalue weighted by Crippen LogP contribution is -2.45. The number of benzene rings is 2. The number of furan rings is 1. The molecule has 2 N–H and O–H groups in total. The molecule has 0 spiro atoms. The van der Waals surface area contributed by atoms with Crippen LogP contribution < -0.4 is 10.6 Å². The first-order valence-corrected chi connectivity index (χ1v) is 12.1. The predicted octanol–water partition coefficient (Wildman–Crippen LogP) is 3.25. The van der Waals surface area contributed by atoms with Crippen LogP contribution in [0.4, 0.5) is 5.69 Å². The van der Waals surface area contributed by atoms with E-state index >= 15 is 0 Å². The van der Waals surface area contributed by atoms with E-state index in [9.17, 15) is 18.0 Å². The lowest BCUT2D eigenvalue weighted by Gasteiger charge is -2.31. The Hall–Kier alpha value is -3.43. The zero-order valence-electron chi connectivity index (χ0n) is 17.9. The molecule has 1 saturated heterocycles. The number of sulfonamides is 1. The minimum atomic E-state index is -3.61. The van der Waals surface area contributed by atoms with Crippen LogP contribution in [0.2, 0.25) is 0 Å². The third kappa shape index (κ3) is 5.50. The molecule has 4 rings (SSSR count). The van der Waals surface area contributed by atoms with Gasteiger partial charge in [0.05, 0.1) is 17.1 Å². The van der Waals surface area contributed by atoms with Crippen molar-refractivity contribution in [2.24, 2.45) is 5.92 Å². The van der Waals surface area contributed by atoms with Crippen LogP contribution >= 0.6 is 0 Å². The van der Waals surface area contributed by atoms with E-state index in [2.05, 4.69) is 10.6 Å². The van der Waals surface area contributed by atoms with Crippen molar-refractivity contribution in [3.63, 3.8) is 0 Å². The highest BCUT2D eigenvalue weighted by atomic mass is 32.2. The Morgan fingerprint density at radius 3 is 2.45 bits per heavy atom. The molecule has 8 nitrogen and oxygen atoms in total. The molecule has 1 aromatic heterocycles. The van der Waals surface area contributed by atoms with Crippen LogP contribution in [0.1, 0.15) is 29.0 Å². The first-order chi connectivity index (χ1) is 15.9. The Morgan fingerprint density at radius 1 is 1.00 bits per heavy atom. The second kappa shape index (κ2) is 10.0. The quantitative estimate of drug-likeness (QED) is 0.555. The molecular weight excluding hydrogens is 442 g/mol. The maximum Gasteiger partial charge on any atom is 0.291 e. The molecule has 1 aliphatic heterocycles. The molecule has 3 aromatic rings. The van der Waals surface area contributed by atoms with Crippen LogP contribution in [0.5, 0.6) is 0 Å². The van der Waals surface area contributed by atoms with E-state index in [1.54, 1.807) is 54.6 Å². The minimum absolute atomic E-state index is 0.167. The van der Waals surface area contributed by atoms with Crippen LogP contribution in [0.3, 0.4) is 0 Å². The summed E-state index contributed by atoms with van der Waals surface area (Å²) in [5.74, 6) is -0.683. The van der Waals surface area contributed by atoms with Crippen molar-refractivity contribution in [3.8, 4) is 0 Å². The van der Waals surface area contributed by atoms with E-state index in [0.29, 0.717) is 31.6 Å². The fourth-order valence-electron chi connectivity index (χ4n) is 3.76. The Labute approximate surface area is 192 Å². The van der Waals surface area contributed by atoms with Gasteiger partial charge in [-0.15, -0.1) is 0 Å². The summed E-state index contributed by atoms with van der Waals surface area (Å²) >= 11 is 0. The summed E-state index contributed by atoms with van der Waals surface area (Å²) in [6, 6.07) is 18.6. The monoisotopic (exact) mass is 467 g/mol. The van der Waals surface area contributed by atoms with E-state index in [1.165, 1.54) is 10.6 Å². The van der Waals surface area contributed by atoms with Crippen molar-refractivity contribution < 1.29 is 22.4 Å². The van der Waals surface area contributed by atoms with Gasteiger partial charge in [-0.2, -0.15) is 4.31 Å². The predicted molar refractivity (Wildman–Crippen MR) is 123 cm³/mol. The Morgan fingerprint density at radius 2 is 1.76 bits per heavy atom. The van der Waals surface area contributed by atoms with Crippen LogP contribution in [0.25, 0.3) is 0 Å². The lowest BCUT2D eigenvalue weighted by molar-refractivity contribution is -0.126. The number of carbonyl (C=O) groups is 2. The largest absolute Gasteiger partial charge is 0.459 e. The zero-order valence-corrected chi connectivity index (χ0v) is 18.8. The van der Waals surface area contributed by atoms with Crippen molar-refractivity contribution in [1.82, 2.24) is 9.62 Å². The summed E-state index contributed by atoms with van der Waals surface area (Å²) in [5.41, 5.74) is 1.48. The van der Waals surface area contributed by atoms with Gasteiger partial charge in [0, 0.05) is 25.3 Å². The lowest BCUT2D eigenvalue weighted by atomic mass is 9.99. The Bertz CT molecular complexity index is 1190. The highest BCUT2D eigenvalue weighted by molar-refractivity contribution is 7.89. The van der Waals surface area contributed by atoms with Gasteiger partial charge in [-0.05, 0) is 54.8 Å². The third-order valence-corrected chi connectivity index (χ3v) is 7.44. The molecule has 2 amide bonds. The molecule has 0 saturated carbocycles. The Kier molecular flexibility index (Phi) is 6.90. The number of hydrogen-bond donors (Lipinski definition) is 2. The average molecular weight is 468 g/mol. The summed E-state index contributed by atoms with van der Waals surface area (Å²) in [6.45, 7) is 0.889. The van der Waals surface area contributed by atoms with Gasteiger partial charge in [-0.25, -0.2) is 8.42 Å². The molecule has 0 bridgehead atoms. The van der Waals surface area contributed by atoms with Gasteiger partial charge in [-0.3, -0.25) is 9.59 Å². The molecular formula is C24H25N3O5S. The first-order valence-electron chi connectivity index (χ1n) is 10.7. The summed E-state index contributed by atoms with van der Waals surface area (Å²) < 4.78 is 32.2. The molecule has 172 valence electrons. The Balaban J connectivity index is 1.31. The van der Waals surface area contributed by atoms with Crippen molar-refractivity contribution in [2.75, 3.05) is 18.4 Å². The van der Waals surface area contributed by atoms with Gasteiger partial charge < -0.3 is 15.1 Å². The fourth-order valence-corrected chi connectivity index (χ4v) is 5.30. The van der Waals surface area contributed by atoms with Crippen LogP contribution in [-0.4, -0.2) is 37.6 Å².